The van der Waals surface area contributed by atoms with Gasteiger partial charge < -0.3 is 19.5 Å². The van der Waals surface area contributed by atoms with Crippen molar-refractivity contribution in [2.75, 3.05) is 18.4 Å². The van der Waals surface area contributed by atoms with E-state index < -0.39 is 0 Å². The van der Waals surface area contributed by atoms with Crippen LogP contribution in [0, 0.1) is 6.92 Å². The van der Waals surface area contributed by atoms with E-state index in [2.05, 4.69) is 14.9 Å². The quantitative estimate of drug-likeness (QED) is 0.708. The molecule has 0 saturated carbocycles. The Morgan fingerprint density at radius 1 is 1.04 bits per heavy atom. The highest BCUT2D eigenvalue weighted by Gasteiger charge is 2.23. The number of piperidine rings is 1. The van der Waals surface area contributed by atoms with Gasteiger partial charge in [0.15, 0.2) is 0 Å². The highest BCUT2D eigenvalue weighted by Crippen LogP contribution is 2.25. The minimum atomic E-state index is -0.0590. The topological polar surface area (TPSA) is 59.4 Å². The van der Waals surface area contributed by atoms with Crippen molar-refractivity contribution in [3.63, 3.8) is 0 Å². The van der Waals surface area contributed by atoms with E-state index in [-0.39, 0.29) is 6.03 Å². The van der Waals surface area contributed by atoms with Crippen molar-refractivity contribution in [3.8, 4) is 11.5 Å². The highest BCUT2D eigenvalue weighted by atomic mass is 16.5. The number of anilines is 1. The van der Waals surface area contributed by atoms with E-state index in [1.54, 1.807) is 6.20 Å². The summed E-state index contributed by atoms with van der Waals surface area (Å²) in [6.07, 6.45) is 7.51. The van der Waals surface area contributed by atoms with E-state index in [9.17, 15) is 4.79 Å². The standard InChI is InChI=1S/C22H24N4O2/c1-17-2-6-20(7-3-17)28-21-8-4-18(5-9-21)24-22(27)25-13-10-19(11-14-25)26-15-12-23-16-26/h2-9,12,15-16,19H,10-11,13-14H2,1H3,(H,24,27). The van der Waals surface area contributed by atoms with Gasteiger partial charge in [0.05, 0.1) is 6.33 Å². The second-order valence-corrected chi connectivity index (χ2v) is 7.10. The summed E-state index contributed by atoms with van der Waals surface area (Å²) >= 11 is 0. The number of carbonyl (C=O) groups excluding carboxylic acids is 1. The first kappa shape index (κ1) is 18.1. The van der Waals surface area contributed by atoms with E-state index in [1.165, 1.54) is 5.56 Å². The van der Waals surface area contributed by atoms with Crippen LogP contribution in [0.1, 0.15) is 24.4 Å². The highest BCUT2D eigenvalue weighted by molar-refractivity contribution is 5.89. The second kappa shape index (κ2) is 8.17. The van der Waals surface area contributed by atoms with Gasteiger partial charge in [-0.1, -0.05) is 17.7 Å². The summed E-state index contributed by atoms with van der Waals surface area (Å²) in [6.45, 7) is 3.52. The third-order valence-electron chi connectivity index (χ3n) is 5.06. The normalized spacial score (nSPS) is 14.7. The summed E-state index contributed by atoms with van der Waals surface area (Å²) < 4.78 is 7.95. The average Bonchev–Trinajstić information content (AvgIpc) is 3.26. The molecule has 1 saturated heterocycles. The molecule has 4 rings (SSSR count). The second-order valence-electron chi connectivity index (χ2n) is 7.10. The van der Waals surface area contributed by atoms with Crippen LogP contribution in [-0.4, -0.2) is 33.6 Å². The van der Waals surface area contributed by atoms with Crippen LogP contribution in [0.15, 0.2) is 67.3 Å². The Morgan fingerprint density at radius 3 is 2.29 bits per heavy atom. The van der Waals surface area contributed by atoms with Crippen LogP contribution in [-0.2, 0) is 0 Å². The Kier molecular flexibility index (Phi) is 5.28. The molecule has 1 aliphatic rings. The maximum atomic E-state index is 12.5. The number of carbonyl (C=O) groups is 1. The Balaban J connectivity index is 1.29. The molecule has 144 valence electrons. The summed E-state index contributed by atoms with van der Waals surface area (Å²) in [5.74, 6) is 1.53. The lowest BCUT2D eigenvalue weighted by atomic mass is 10.1. The van der Waals surface area contributed by atoms with Gasteiger partial charge in [-0.05, 0) is 56.2 Å². The Morgan fingerprint density at radius 2 is 1.68 bits per heavy atom. The van der Waals surface area contributed by atoms with Gasteiger partial charge in [-0.3, -0.25) is 0 Å². The number of hydrogen-bond donors (Lipinski definition) is 1. The van der Waals surface area contributed by atoms with Crippen molar-refractivity contribution in [1.29, 1.82) is 0 Å². The molecule has 1 N–H and O–H groups in total. The van der Waals surface area contributed by atoms with Crippen LogP contribution in [0.5, 0.6) is 11.5 Å². The van der Waals surface area contributed by atoms with Crippen LogP contribution in [0.2, 0.25) is 0 Å². The lowest BCUT2D eigenvalue weighted by molar-refractivity contribution is 0.183. The predicted octanol–water partition coefficient (Wildman–Crippen LogP) is 4.85. The molecule has 6 heteroatoms. The van der Waals surface area contributed by atoms with Gasteiger partial charge in [-0.25, -0.2) is 9.78 Å². The average molecular weight is 376 g/mol. The largest absolute Gasteiger partial charge is 0.457 e. The third kappa shape index (κ3) is 4.34. The molecule has 28 heavy (non-hydrogen) atoms. The van der Waals surface area contributed by atoms with Crippen LogP contribution in [0.25, 0.3) is 0 Å². The first-order valence-electron chi connectivity index (χ1n) is 9.55. The Hall–Kier alpha value is -3.28. The van der Waals surface area contributed by atoms with Crippen molar-refractivity contribution >= 4 is 11.7 Å². The smallest absolute Gasteiger partial charge is 0.321 e. The molecule has 2 heterocycles. The van der Waals surface area contributed by atoms with Gasteiger partial charge in [-0.15, -0.1) is 0 Å². The monoisotopic (exact) mass is 376 g/mol. The van der Waals surface area contributed by atoms with E-state index in [4.69, 9.17) is 4.74 Å². The first-order valence-corrected chi connectivity index (χ1v) is 9.55. The molecule has 3 aromatic rings. The van der Waals surface area contributed by atoms with Crippen molar-refractivity contribution in [3.05, 3.63) is 72.8 Å². The number of hydrogen-bond acceptors (Lipinski definition) is 3. The number of ether oxygens (including phenoxy) is 1. The summed E-state index contributed by atoms with van der Waals surface area (Å²) in [6, 6.07) is 15.7. The number of nitrogens with zero attached hydrogens (tertiary/aromatic N) is 3. The number of urea groups is 1. The molecule has 0 unspecified atom stereocenters. The molecule has 1 aromatic heterocycles. The molecule has 0 spiro atoms. The maximum absolute atomic E-state index is 12.5. The Labute approximate surface area is 164 Å². The number of amides is 2. The molecule has 6 nitrogen and oxygen atoms in total. The van der Waals surface area contributed by atoms with Gasteiger partial charge in [0.25, 0.3) is 0 Å². The number of rotatable bonds is 4. The summed E-state index contributed by atoms with van der Waals surface area (Å²) in [4.78, 5) is 18.5. The van der Waals surface area contributed by atoms with Gasteiger partial charge >= 0.3 is 6.03 Å². The minimum absolute atomic E-state index is 0.0590. The summed E-state index contributed by atoms with van der Waals surface area (Å²) in [5, 5.41) is 2.97. The molecular formula is C22H24N4O2. The van der Waals surface area contributed by atoms with Crippen molar-refractivity contribution in [1.82, 2.24) is 14.5 Å². The zero-order chi connectivity index (χ0) is 19.3. The SMILES string of the molecule is Cc1ccc(Oc2ccc(NC(=O)N3CCC(n4ccnc4)CC3)cc2)cc1. The van der Waals surface area contributed by atoms with E-state index in [0.29, 0.717) is 6.04 Å². The fraction of sp³-hybridized carbons (Fsp3) is 0.273. The number of benzene rings is 2. The number of nitrogens with one attached hydrogen (secondary N) is 1. The van der Waals surface area contributed by atoms with Crippen molar-refractivity contribution in [2.24, 2.45) is 0 Å². The first-order chi connectivity index (χ1) is 13.7. The molecule has 0 atom stereocenters. The van der Waals surface area contributed by atoms with E-state index >= 15 is 0 Å². The van der Waals surface area contributed by atoms with Crippen LogP contribution in [0.4, 0.5) is 10.5 Å². The van der Waals surface area contributed by atoms with Gasteiger partial charge in [0.2, 0.25) is 0 Å². The minimum Gasteiger partial charge on any atom is -0.457 e. The molecule has 1 fully saturated rings. The predicted molar refractivity (Wildman–Crippen MR) is 109 cm³/mol. The fourth-order valence-corrected chi connectivity index (χ4v) is 3.40. The molecule has 2 amide bonds. The van der Waals surface area contributed by atoms with E-state index in [0.717, 1.165) is 43.1 Å². The molecule has 2 aromatic carbocycles. The fourth-order valence-electron chi connectivity index (χ4n) is 3.40. The molecular weight excluding hydrogens is 352 g/mol. The van der Waals surface area contributed by atoms with Crippen molar-refractivity contribution < 1.29 is 9.53 Å². The maximum Gasteiger partial charge on any atom is 0.321 e. The summed E-state index contributed by atoms with van der Waals surface area (Å²) in [5.41, 5.74) is 1.96. The third-order valence-corrected chi connectivity index (χ3v) is 5.06. The number of likely N-dealkylation sites (tertiary alicyclic amines) is 1. The summed E-state index contributed by atoms with van der Waals surface area (Å²) in [7, 11) is 0. The zero-order valence-corrected chi connectivity index (χ0v) is 15.9. The number of imidazole rings is 1. The lowest BCUT2D eigenvalue weighted by Gasteiger charge is -2.32. The number of aromatic nitrogens is 2. The lowest BCUT2D eigenvalue weighted by Crippen LogP contribution is -2.41. The van der Waals surface area contributed by atoms with Gasteiger partial charge in [-0.2, -0.15) is 0 Å². The van der Waals surface area contributed by atoms with E-state index in [1.807, 2.05) is 72.9 Å². The molecule has 0 bridgehead atoms. The van der Waals surface area contributed by atoms with Crippen molar-refractivity contribution in [2.45, 2.75) is 25.8 Å². The van der Waals surface area contributed by atoms with Gasteiger partial charge in [0.1, 0.15) is 11.5 Å². The molecule has 0 radical (unpaired) electrons. The van der Waals surface area contributed by atoms with Gasteiger partial charge in [0, 0.05) is 37.2 Å². The molecule has 1 aliphatic heterocycles. The zero-order valence-electron chi connectivity index (χ0n) is 15.9. The number of aryl methyl sites for hydroxylation is 1. The van der Waals surface area contributed by atoms with Crippen LogP contribution in [0.3, 0.4) is 0 Å². The Bertz CT molecular complexity index is 897. The molecule has 0 aliphatic carbocycles. The van der Waals surface area contributed by atoms with Crippen LogP contribution >= 0.6 is 0 Å². The van der Waals surface area contributed by atoms with Crippen LogP contribution < -0.4 is 10.1 Å².